The molecule has 6 nitrogen and oxygen atoms in total. The normalized spacial score (nSPS) is 10.6. The van der Waals surface area contributed by atoms with Gasteiger partial charge in [0, 0.05) is 10.9 Å². The summed E-state index contributed by atoms with van der Waals surface area (Å²) in [7, 11) is 0. The van der Waals surface area contributed by atoms with Crippen molar-refractivity contribution in [1.82, 2.24) is 9.55 Å². The molecule has 0 unspecified atom stereocenters. The van der Waals surface area contributed by atoms with Crippen LogP contribution in [0.15, 0.2) is 70.8 Å². The Bertz CT molecular complexity index is 1290. The van der Waals surface area contributed by atoms with Gasteiger partial charge in [-0.15, -0.1) is 11.3 Å². The molecule has 0 atom stereocenters. The second-order valence-corrected chi connectivity index (χ2v) is 7.45. The smallest absolute Gasteiger partial charge is 0.310 e. The Morgan fingerprint density at radius 3 is 2.50 bits per heavy atom. The lowest BCUT2D eigenvalue weighted by Gasteiger charge is -2.11. The van der Waals surface area contributed by atoms with Gasteiger partial charge in [0.25, 0.3) is 5.56 Å². The molecule has 0 bridgehead atoms. The van der Waals surface area contributed by atoms with Gasteiger partial charge in [-0.2, -0.15) is 5.26 Å². The molecule has 0 aliphatic carbocycles. The Morgan fingerprint density at radius 2 is 1.80 bits per heavy atom. The predicted molar refractivity (Wildman–Crippen MR) is 115 cm³/mol. The van der Waals surface area contributed by atoms with Crippen LogP contribution in [0.2, 0.25) is 0 Å². The van der Waals surface area contributed by atoms with E-state index in [0.29, 0.717) is 10.2 Å². The molecule has 4 aromatic rings. The van der Waals surface area contributed by atoms with E-state index in [-0.39, 0.29) is 31.0 Å². The lowest BCUT2D eigenvalue weighted by Crippen LogP contribution is -2.26. The van der Waals surface area contributed by atoms with Gasteiger partial charge in [0.1, 0.15) is 18.0 Å². The number of hydrogen-bond acceptors (Lipinski definition) is 6. The van der Waals surface area contributed by atoms with Crippen LogP contribution in [0.25, 0.3) is 21.3 Å². The number of hydrogen-bond donors (Lipinski definition) is 0. The van der Waals surface area contributed by atoms with Crippen LogP contribution < -0.4 is 5.56 Å². The Labute approximate surface area is 176 Å². The monoisotopic (exact) mass is 415 g/mol. The molecule has 7 heteroatoms. The van der Waals surface area contributed by atoms with Crippen molar-refractivity contribution in [2.24, 2.45) is 0 Å². The molecule has 0 saturated heterocycles. The number of nitriles is 1. The highest BCUT2D eigenvalue weighted by molar-refractivity contribution is 7.17. The van der Waals surface area contributed by atoms with E-state index in [9.17, 15) is 14.9 Å². The number of fused-ring (bicyclic) bond motifs is 1. The molecule has 0 N–H and O–H groups in total. The first-order valence-electron chi connectivity index (χ1n) is 9.30. The van der Waals surface area contributed by atoms with Crippen molar-refractivity contribution in [3.05, 3.63) is 87.8 Å². The minimum absolute atomic E-state index is 0.128. The zero-order chi connectivity index (χ0) is 20.9. The average Bonchev–Trinajstić information content (AvgIpc) is 3.20. The molecule has 2 heterocycles. The molecule has 2 aromatic carbocycles. The van der Waals surface area contributed by atoms with Crippen LogP contribution >= 0.6 is 11.3 Å². The van der Waals surface area contributed by atoms with Gasteiger partial charge < -0.3 is 4.74 Å². The fraction of sp³-hybridized carbons (Fsp3) is 0.130. The summed E-state index contributed by atoms with van der Waals surface area (Å²) in [6, 6.07) is 20.8. The summed E-state index contributed by atoms with van der Waals surface area (Å²) in [6.45, 7) is -0.339. The average molecular weight is 415 g/mol. The summed E-state index contributed by atoms with van der Waals surface area (Å²) in [5, 5.41) is 11.6. The number of carbonyl (C=O) groups is 1. The highest BCUT2D eigenvalue weighted by Crippen LogP contribution is 2.30. The molecule has 30 heavy (non-hydrogen) atoms. The molecular weight excluding hydrogens is 398 g/mol. The van der Waals surface area contributed by atoms with Crippen LogP contribution in [-0.4, -0.2) is 15.5 Å². The molecular formula is C23H17N3O3S. The Balaban J connectivity index is 1.65. The molecule has 0 saturated carbocycles. The highest BCUT2D eigenvalue weighted by Gasteiger charge is 2.18. The molecule has 0 amide bonds. The van der Waals surface area contributed by atoms with Gasteiger partial charge in [0.15, 0.2) is 5.82 Å². The second-order valence-electron chi connectivity index (χ2n) is 6.60. The number of benzene rings is 2. The Hall–Kier alpha value is -3.76. The number of thiophene rings is 1. The number of nitrogens with zero attached hydrogens (tertiary/aromatic N) is 3. The number of ether oxygens (including phenoxy) is 1. The number of carbonyl (C=O) groups excluding carboxylic acids is 1. The minimum atomic E-state index is -0.421. The van der Waals surface area contributed by atoms with Gasteiger partial charge in [-0.25, -0.2) is 4.98 Å². The standard InChI is InChI=1S/C23H17N3O3S/c24-11-12-26-19(14-29-20(27)13-16-7-3-1-4-8-16)25-22-21(23(26)28)18(15-30-22)17-9-5-2-6-10-17/h1-10,15H,12-14H2. The van der Waals surface area contributed by atoms with Crippen molar-refractivity contribution in [2.45, 2.75) is 19.6 Å². The first kappa shape index (κ1) is 19.6. The van der Waals surface area contributed by atoms with Crippen molar-refractivity contribution in [3.8, 4) is 17.2 Å². The number of esters is 1. The van der Waals surface area contributed by atoms with Gasteiger partial charge in [-0.3, -0.25) is 14.2 Å². The van der Waals surface area contributed by atoms with Crippen molar-refractivity contribution < 1.29 is 9.53 Å². The third-order valence-electron chi connectivity index (χ3n) is 4.64. The molecule has 0 aliphatic rings. The molecule has 0 aliphatic heterocycles. The Morgan fingerprint density at radius 1 is 1.10 bits per heavy atom. The molecule has 0 radical (unpaired) electrons. The Kier molecular flexibility index (Phi) is 5.68. The highest BCUT2D eigenvalue weighted by atomic mass is 32.1. The van der Waals surface area contributed by atoms with E-state index in [1.165, 1.54) is 15.9 Å². The topological polar surface area (TPSA) is 85.0 Å². The second kappa shape index (κ2) is 8.72. The fourth-order valence-corrected chi connectivity index (χ4v) is 4.16. The van der Waals surface area contributed by atoms with Crippen LogP contribution in [0.1, 0.15) is 11.4 Å². The maximum Gasteiger partial charge on any atom is 0.310 e. The largest absolute Gasteiger partial charge is 0.457 e. The summed E-state index contributed by atoms with van der Waals surface area (Å²) in [4.78, 5) is 30.5. The van der Waals surface area contributed by atoms with Crippen molar-refractivity contribution in [2.75, 3.05) is 0 Å². The summed E-state index contributed by atoms with van der Waals surface area (Å²) >= 11 is 1.35. The van der Waals surface area contributed by atoms with Gasteiger partial charge in [-0.1, -0.05) is 60.7 Å². The maximum atomic E-state index is 13.2. The quantitative estimate of drug-likeness (QED) is 0.446. The third-order valence-corrected chi connectivity index (χ3v) is 5.51. The zero-order valence-electron chi connectivity index (χ0n) is 15.9. The molecule has 0 fully saturated rings. The molecule has 148 valence electrons. The number of rotatable bonds is 6. The van der Waals surface area contributed by atoms with Crippen molar-refractivity contribution in [3.63, 3.8) is 0 Å². The molecule has 4 rings (SSSR count). The summed E-state index contributed by atoms with van der Waals surface area (Å²) in [6.07, 6.45) is 0.128. The number of aromatic nitrogens is 2. The van der Waals surface area contributed by atoms with Crippen LogP contribution in [0.4, 0.5) is 0 Å². The molecule has 2 aromatic heterocycles. The van der Waals surface area contributed by atoms with Crippen LogP contribution in [0.5, 0.6) is 0 Å². The van der Waals surface area contributed by atoms with Gasteiger partial charge >= 0.3 is 5.97 Å². The van der Waals surface area contributed by atoms with Crippen LogP contribution in [-0.2, 0) is 29.1 Å². The van der Waals surface area contributed by atoms with E-state index in [0.717, 1.165) is 16.7 Å². The minimum Gasteiger partial charge on any atom is -0.457 e. The van der Waals surface area contributed by atoms with Gasteiger partial charge in [0.2, 0.25) is 0 Å². The van der Waals surface area contributed by atoms with E-state index in [1.54, 1.807) is 0 Å². The first-order chi connectivity index (χ1) is 14.7. The first-order valence-corrected chi connectivity index (χ1v) is 10.2. The van der Waals surface area contributed by atoms with Crippen LogP contribution in [0.3, 0.4) is 0 Å². The van der Waals surface area contributed by atoms with Gasteiger partial charge in [0.05, 0.1) is 17.9 Å². The van der Waals surface area contributed by atoms with Crippen molar-refractivity contribution >= 4 is 27.5 Å². The zero-order valence-corrected chi connectivity index (χ0v) is 16.8. The maximum absolute atomic E-state index is 13.2. The van der Waals surface area contributed by atoms with E-state index < -0.39 is 5.97 Å². The van der Waals surface area contributed by atoms with Crippen molar-refractivity contribution in [1.29, 1.82) is 5.26 Å². The van der Waals surface area contributed by atoms with E-state index in [1.807, 2.05) is 72.1 Å². The fourth-order valence-electron chi connectivity index (χ4n) is 3.20. The summed E-state index contributed by atoms with van der Waals surface area (Å²) < 4.78 is 6.62. The van der Waals surface area contributed by atoms with Gasteiger partial charge in [-0.05, 0) is 11.1 Å². The molecule has 0 spiro atoms. The third kappa shape index (κ3) is 4.00. The summed E-state index contributed by atoms with van der Waals surface area (Å²) in [5.74, 6) is -0.160. The lowest BCUT2D eigenvalue weighted by molar-refractivity contribution is -0.144. The SMILES string of the molecule is N#CCn1c(COC(=O)Cc2ccccc2)nc2scc(-c3ccccc3)c2c1=O. The van der Waals surface area contributed by atoms with E-state index in [2.05, 4.69) is 4.98 Å². The summed E-state index contributed by atoms with van der Waals surface area (Å²) in [5.41, 5.74) is 2.22. The van der Waals surface area contributed by atoms with E-state index >= 15 is 0 Å². The predicted octanol–water partition coefficient (Wildman–Crippen LogP) is 3.93. The van der Waals surface area contributed by atoms with E-state index in [4.69, 9.17) is 4.74 Å². The van der Waals surface area contributed by atoms with Crippen LogP contribution in [0, 0.1) is 11.3 Å². The lowest BCUT2D eigenvalue weighted by atomic mass is 10.1.